The van der Waals surface area contributed by atoms with Gasteiger partial charge in [-0.3, -0.25) is 4.79 Å². The van der Waals surface area contributed by atoms with Gasteiger partial charge in [-0.25, -0.2) is 14.6 Å². The van der Waals surface area contributed by atoms with Crippen LogP contribution in [0, 0.1) is 6.92 Å². The number of hydrogen-bond donors (Lipinski definition) is 1. The van der Waals surface area contributed by atoms with Crippen LogP contribution in [0.1, 0.15) is 35.3 Å². The van der Waals surface area contributed by atoms with Crippen LogP contribution in [-0.4, -0.2) is 25.7 Å². The number of amides is 1. The fourth-order valence-electron chi connectivity index (χ4n) is 3.45. The number of anilines is 1. The monoisotopic (exact) mass is 417 g/mol. The van der Waals surface area contributed by atoms with E-state index in [0.29, 0.717) is 28.1 Å². The molecule has 0 unspecified atom stereocenters. The molecule has 0 saturated heterocycles. The summed E-state index contributed by atoms with van der Waals surface area (Å²) in [6.45, 7) is 6.03. The van der Waals surface area contributed by atoms with E-state index >= 15 is 0 Å². The van der Waals surface area contributed by atoms with Gasteiger partial charge in [-0.15, -0.1) is 11.3 Å². The second-order valence-electron chi connectivity index (χ2n) is 7.32. The maximum absolute atomic E-state index is 13.3. The van der Waals surface area contributed by atoms with Gasteiger partial charge in [0, 0.05) is 11.7 Å². The first-order chi connectivity index (χ1) is 14.5. The number of furan rings is 1. The molecule has 0 saturated carbocycles. The number of fused-ring (bicyclic) bond motifs is 2. The van der Waals surface area contributed by atoms with E-state index in [9.17, 15) is 4.79 Å². The van der Waals surface area contributed by atoms with Gasteiger partial charge in [-0.05, 0) is 57.2 Å². The lowest BCUT2D eigenvalue weighted by Crippen LogP contribution is -2.13. The fourth-order valence-corrected chi connectivity index (χ4v) is 4.32. The molecular weight excluding hydrogens is 398 g/mol. The van der Waals surface area contributed by atoms with Crippen LogP contribution in [0.2, 0.25) is 0 Å². The molecule has 1 amide bonds. The molecule has 0 atom stereocenters. The number of nitrogens with one attached hydrogen (secondary N) is 1. The zero-order valence-electron chi connectivity index (χ0n) is 16.7. The number of carbonyl (C=O) groups excluding carboxylic acids is 1. The van der Waals surface area contributed by atoms with Crippen molar-refractivity contribution in [2.75, 3.05) is 5.32 Å². The Hall–Kier alpha value is -3.52. The Morgan fingerprint density at radius 3 is 2.83 bits per heavy atom. The standard InChI is InChI=1S/C22H19N5O2S/c1-12(2)27-21-16(11-23-27)15(10-18(26-21)19-5-4-8-29-19)22(28)25-14-6-7-17-20(9-14)30-13(3)24-17/h4-12H,1-3H3,(H,25,28). The third-order valence-corrected chi connectivity index (χ3v) is 5.76. The Labute approximate surface area is 176 Å². The predicted molar refractivity (Wildman–Crippen MR) is 118 cm³/mol. The maximum Gasteiger partial charge on any atom is 0.256 e. The fraction of sp³-hybridized carbons (Fsp3) is 0.182. The number of rotatable bonds is 4. The van der Waals surface area contributed by atoms with E-state index in [4.69, 9.17) is 9.40 Å². The van der Waals surface area contributed by atoms with Gasteiger partial charge in [0.1, 0.15) is 5.69 Å². The van der Waals surface area contributed by atoms with Gasteiger partial charge in [-0.1, -0.05) is 0 Å². The lowest BCUT2D eigenvalue weighted by atomic mass is 10.1. The Morgan fingerprint density at radius 1 is 1.20 bits per heavy atom. The van der Waals surface area contributed by atoms with Gasteiger partial charge < -0.3 is 9.73 Å². The van der Waals surface area contributed by atoms with Crippen LogP contribution < -0.4 is 5.32 Å². The Bertz CT molecular complexity index is 1380. The normalized spacial score (nSPS) is 11.6. The van der Waals surface area contributed by atoms with Crippen LogP contribution in [0.5, 0.6) is 0 Å². The highest BCUT2D eigenvalue weighted by Gasteiger charge is 2.19. The zero-order chi connectivity index (χ0) is 20.8. The summed E-state index contributed by atoms with van der Waals surface area (Å²) in [6, 6.07) is 11.2. The summed E-state index contributed by atoms with van der Waals surface area (Å²) in [7, 11) is 0. The summed E-state index contributed by atoms with van der Waals surface area (Å²) >= 11 is 1.60. The number of aryl methyl sites for hydroxylation is 1. The number of pyridine rings is 1. The van der Waals surface area contributed by atoms with Crippen LogP contribution >= 0.6 is 11.3 Å². The van der Waals surface area contributed by atoms with Gasteiger partial charge in [-0.2, -0.15) is 5.10 Å². The molecule has 0 bridgehead atoms. The first-order valence-electron chi connectivity index (χ1n) is 9.60. The minimum absolute atomic E-state index is 0.106. The van der Waals surface area contributed by atoms with Crippen LogP contribution in [0.3, 0.4) is 0 Å². The highest BCUT2D eigenvalue weighted by atomic mass is 32.1. The van der Waals surface area contributed by atoms with E-state index in [1.165, 1.54) is 0 Å². The van der Waals surface area contributed by atoms with Gasteiger partial charge in [0.25, 0.3) is 5.91 Å². The van der Waals surface area contributed by atoms with Crippen molar-refractivity contribution in [1.82, 2.24) is 19.7 Å². The molecule has 5 rings (SSSR count). The molecule has 0 fully saturated rings. The van der Waals surface area contributed by atoms with Crippen molar-refractivity contribution in [2.24, 2.45) is 0 Å². The minimum Gasteiger partial charge on any atom is -0.463 e. The average Bonchev–Trinajstić information content (AvgIpc) is 3.45. The first kappa shape index (κ1) is 18.5. The summed E-state index contributed by atoms with van der Waals surface area (Å²) in [5.41, 5.74) is 3.39. The minimum atomic E-state index is -0.223. The molecule has 30 heavy (non-hydrogen) atoms. The Balaban J connectivity index is 1.59. The van der Waals surface area contributed by atoms with Gasteiger partial charge in [0.05, 0.1) is 38.6 Å². The third-order valence-electron chi connectivity index (χ3n) is 4.83. The van der Waals surface area contributed by atoms with Crippen LogP contribution in [-0.2, 0) is 0 Å². The molecule has 0 aliphatic rings. The molecule has 0 aliphatic heterocycles. The van der Waals surface area contributed by atoms with E-state index in [1.807, 2.05) is 49.7 Å². The molecule has 1 N–H and O–H groups in total. The van der Waals surface area contributed by atoms with Crippen molar-refractivity contribution < 1.29 is 9.21 Å². The Morgan fingerprint density at radius 2 is 2.07 bits per heavy atom. The first-order valence-corrected chi connectivity index (χ1v) is 10.4. The molecule has 7 nitrogen and oxygen atoms in total. The van der Waals surface area contributed by atoms with Crippen LogP contribution in [0.4, 0.5) is 5.69 Å². The van der Waals surface area contributed by atoms with Crippen LogP contribution in [0.25, 0.3) is 32.7 Å². The molecule has 8 heteroatoms. The molecule has 0 aliphatic carbocycles. The average molecular weight is 417 g/mol. The number of hydrogen-bond acceptors (Lipinski definition) is 6. The molecule has 0 radical (unpaired) electrons. The summed E-state index contributed by atoms with van der Waals surface area (Å²) in [5, 5.41) is 9.15. The molecule has 150 valence electrons. The number of benzene rings is 1. The van der Waals surface area contributed by atoms with E-state index in [-0.39, 0.29) is 11.9 Å². The highest BCUT2D eigenvalue weighted by Crippen LogP contribution is 2.28. The van der Waals surface area contributed by atoms with E-state index < -0.39 is 0 Å². The smallest absolute Gasteiger partial charge is 0.256 e. The summed E-state index contributed by atoms with van der Waals surface area (Å²) in [6.07, 6.45) is 3.28. The summed E-state index contributed by atoms with van der Waals surface area (Å²) < 4.78 is 8.37. The second kappa shape index (κ2) is 7.07. The van der Waals surface area contributed by atoms with Crippen molar-refractivity contribution in [3.63, 3.8) is 0 Å². The van der Waals surface area contributed by atoms with Gasteiger partial charge in [0.15, 0.2) is 11.4 Å². The van der Waals surface area contributed by atoms with E-state index in [1.54, 1.807) is 35.9 Å². The van der Waals surface area contributed by atoms with Gasteiger partial charge >= 0.3 is 0 Å². The SMILES string of the molecule is Cc1nc2ccc(NC(=O)c3cc(-c4ccco4)nc4c3cnn4C(C)C)cc2s1. The third kappa shape index (κ3) is 3.15. The Kier molecular flexibility index (Phi) is 4.36. The number of nitrogens with zero attached hydrogens (tertiary/aromatic N) is 4. The predicted octanol–water partition coefficient (Wildman–Crippen LogP) is 5.44. The summed E-state index contributed by atoms with van der Waals surface area (Å²) in [4.78, 5) is 22.4. The number of thiazole rings is 1. The molecule has 4 aromatic heterocycles. The maximum atomic E-state index is 13.3. The largest absolute Gasteiger partial charge is 0.463 e. The quantitative estimate of drug-likeness (QED) is 0.421. The van der Waals surface area contributed by atoms with E-state index in [2.05, 4.69) is 15.4 Å². The second-order valence-corrected chi connectivity index (χ2v) is 8.56. The molecule has 1 aromatic carbocycles. The molecule has 0 spiro atoms. The van der Waals surface area contributed by atoms with Crippen molar-refractivity contribution in [3.05, 3.63) is 59.4 Å². The molecule has 5 aromatic rings. The number of carbonyl (C=O) groups is 1. The highest BCUT2D eigenvalue weighted by molar-refractivity contribution is 7.18. The van der Waals surface area contributed by atoms with Crippen molar-refractivity contribution in [1.29, 1.82) is 0 Å². The lowest BCUT2D eigenvalue weighted by molar-refractivity contribution is 0.102. The zero-order valence-corrected chi connectivity index (χ0v) is 17.5. The van der Waals surface area contributed by atoms with Gasteiger partial charge in [0.2, 0.25) is 0 Å². The lowest BCUT2D eigenvalue weighted by Gasteiger charge is -2.10. The van der Waals surface area contributed by atoms with Crippen molar-refractivity contribution in [3.8, 4) is 11.5 Å². The van der Waals surface area contributed by atoms with Crippen LogP contribution in [0.15, 0.2) is 53.3 Å². The van der Waals surface area contributed by atoms with E-state index in [0.717, 1.165) is 20.9 Å². The topological polar surface area (TPSA) is 85.8 Å². The van der Waals surface area contributed by atoms with Crippen molar-refractivity contribution in [2.45, 2.75) is 26.8 Å². The molecule has 4 heterocycles. The summed E-state index contributed by atoms with van der Waals surface area (Å²) in [5.74, 6) is 0.378. The molecular formula is C22H19N5O2S. The number of aromatic nitrogens is 4. The van der Waals surface area contributed by atoms with Crippen molar-refractivity contribution >= 4 is 44.2 Å².